The molecule has 2 N–H and O–H groups in total. The van der Waals surface area contributed by atoms with Crippen LogP contribution in [0.5, 0.6) is 5.75 Å². The van der Waals surface area contributed by atoms with Gasteiger partial charge in [0.15, 0.2) is 5.13 Å². The lowest BCUT2D eigenvalue weighted by Crippen LogP contribution is -2.24. The molecule has 5 nitrogen and oxygen atoms in total. The highest BCUT2D eigenvalue weighted by atomic mass is 35.5. The van der Waals surface area contributed by atoms with Gasteiger partial charge in [0, 0.05) is 17.5 Å². The van der Waals surface area contributed by atoms with Crippen LogP contribution in [-0.4, -0.2) is 31.6 Å². The zero-order valence-corrected chi connectivity index (χ0v) is 13.5. The molecule has 0 fully saturated rings. The number of likely N-dealkylation sites (N-methyl/N-ethyl adjacent to an activating group) is 1. The summed E-state index contributed by atoms with van der Waals surface area (Å²) in [4.78, 5) is 16.7. The molecule has 0 atom stereocenters. The van der Waals surface area contributed by atoms with Crippen molar-refractivity contribution >= 4 is 34.8 Å². The molecule has 0 aliphatic carbocycles. The predicted molar refractivity (Wildman–Crippen MR) is 87.7 cm³/mol. The molecule has 1 heterocycles. The Hall–Kier alpha value is -1.63. The Bertz CT molecular complexity index is 572. The first kappa shape index (κ1) is 17.4. The normalized spacial score (nSPS) is 9.81. The second-order valence-electron chi connectivity index (χ2n) is 4.24. The standard InChI is InChI=1S/C14H17N3O2S.ClH/c1-15-9-13(18)17-14-16-8-12(20-14)7-10-3-5-11(19-2)6-4-10;/h3-6,8,15H,7,9H2,1-2H3,(H,16,17,18);1H. The second-order valence-corrected chi connectivity index (χ2v) is 5.35. The van der Waals surface area contributed by atoms with Crippen molar-refractivity contribution in [2.45, 2.75) is 6.42 Å². The number of thiazole rings is 1. The van der Waals surface area contributed by atoms with Gasteiger partial charge < -0.3 is 15.4 Å². The monoisotopic (exact) mass is 327 g/mol. The number of hydrogen-bond donors (Lipinski definition) is 2. The molecule has 0 spiro atoms. The predicted octanol–water partition coefficient (Wildman–Crippen LogP) is 2.32. The quantitative estimate of drug-likeness (QED) is 0.854. The van der Waals surface area contributed by atoms with Crippen molar-refractivity contribution in [3.05, 3.63) is 40.9 Å². The van der Waals surface area contributed by atoms with Crippen LogP contribution in [0, 0.1) is 0 Å². The molecule has 1 amide bonds. The van der Waals surface area contributed by atoms with Crippen LogP contribution in [0.2, 0.25) is 0 Å². The number of methoxy groups -OCH3 is 1. The minimum atomic E-state index is -0.0853. The van der Waals surface area contributed by atoms with Gasteiger partial charge in [-0.3, -0.25) is 4.79 Å². The van der Waals surface area contributed by atoms with Crippen molar-refractivity contribution in [1.82, 2.24) is 10.3 Å². The van der Waals surface area contributed by atoms with Gasteiger partial charge >= 0.3 is 0 Å². The fraction of sp³-hybridized carbons (Fsp3) is 0.286. The number of nitrogens with zero attached hydrogens (tertiary/aromatic N) is 1. The van der Waals surface area contributed by atoms with Crippen LogP contribution in [0.4, 0.5) is 5.13 Å². The molecule has 1 aromatic carbocycles. The van der Waals surface area contributed by atoms with Gasteiger partial charge in [0.25, 0.3) is 0 Å². The molecular weight excluding hydrogens is 310 g/mol. The van der Waals surface area contributed by atoms with Crippen molar-refractivity contribution in [2.24, 2.45) is 0 Å². The van der Waals surface area contributed by atoms with Gasteiger partial charge in [0.2, 0.25) is 5.91 Å². The highest BCUT2D eigenvalue weighted by Gasteiger charge is 2.06. The molecule has 2 aromatic rings. The number of nitrogens with one attached hydrogen (secondary N) is 2. The Kier molecular flexibility index (Phi) is 7.14. The number of anilines is 1. The van der Waals surface area contributed by atoms with E-state index >= 15 is 0 Å². The fourth-order valence-electron chi connectivity index (χ4n) is 1.72. The first-order chi connectivity index (χ1) is 9.71. The third-order valence-corrected chi connectivity index (χ3v) is 3.59. The van der Waals surface area contributed by atoms with E-state index in [2.05, 4.69) is 15.6 Å². The van der Waals surface area contributed by atoms with Gasteiger partial charge in [0.05, 0.1) is 13.7 Å². The molecule has 0 saturated carbocycles. The summed E-state index contributed by atoms with van der Waals surface area (Å²) < 4.78 is 5.13. The number of rotatable bonds is 6. The number of ether oxygens (including phenoxy) is 1. The van der Waals surface area contributed by atoms with E-state index in [1.165, 1.54) is 16.9 Å². The summed E-state index contributed by atoms with van der Waals surface area (Å²) in [7, 11) is 3.38. The van der Waals surface area contributed by atoms with Crippen molar-refractivity contribution in [3.8, 4) is 5.75 Å². The maximum Gasteiger partial charge on any atom is 0.240 e. The molecular formula is C14H18ClN3O2S. The Morgan fingerprint density at radius 2 is 2.05 bits per heavy atom. The number of carbonyl (C=O) groups excluding carboxylic acids is 1. The Balaban J connectivity index is 0.00000220. The number of benzene rings is 1. The molecule has 7 heteroatoms. The lowest BCUT2D eigenvalue weighted by molar-refractivity contribution is -0.115. The highest BCUT2D eigenvalue weighted by Crippen LogP contribution is 2.22. The summed E-state index contributed by atoms with van der Waals surface area (Å²) in [5, 5.41) is 6.18. The van der Waals surface area contributed by atoms with E-state index in [-0.39, 0.29) is 24.9 Å². The number of amides is 1. The van der Waals surface area contributed by atoms with Crippen molar-refractivity contribution in [1.29, 1.82) is 0 Å². The summed E-state index contributed by atoms with van der Waals surface area (Å²) in [6.07, 6.45) is 2.59. The molecule has 2 rings (SSSR count). The number of carbonyl (C=O) groups is 1. The van der Waals surface area contributed by atoms with Gasteiger partial charge in [-0.1, -0.05) is 12.1 Å². The van der Waals surface area contributed by atoms with Crippen molar-refractivity contribution in [2.75, 3.05) is 26.0 Å². The third kappa shape index (κ3) is 5.34. The highest BCUT2D eigenvalue weighted by molar-refractivity contribution is 7.15. The molecule has 21 heavy (non-hydrogen) atoms. The minimum Gasteiger partial charge on any atom is -0.497 e. The third-order valence-electron chi connectivity index (χ3n) is 2.67. The van der Waals surface area contributed by atoms with Gasteiger partial charge in [-0.05, 0) is 24.7 Å². The average Bonchev–Trinajstić information content (AvgIpc) is 2.87. The smallest absolute Gasteiger partial charge is 0.240 e. The van der Waals surface area contributed by atoms with Gasteiger partial charge in [-0.25, -0.2) is 4.98 Å². The van der Waals surface area contributed by atoms with Crippen molar-refractivity contribution in [3.63, 3.8) is 0 Å². The van der Waals surface area contributed by atoms with Crippen LogP contribution in [0.15, 0.2) is 30.5 Å². The topological polar surface area (TPSA) is 63.2 Å². The maximum atomic E-state index is 11.4. The van der Waals surface area contributed by atoms with Crippen LogP contribution in [0.1, 0.15) is 10.4 Å². The first-order valence-electron chi connectivity index (χ1n) is 6.23. The van der Waals surface area contributed by atoms with E-state index in [4.69, 9.17) is 4.74 Å². The number of halogens is 1. The molecule has 0 radical (unpaired) electrons. The average molecular weight is 328 g/mol. The van der Waals surface area contributed by atoms with E-state index in [0.29, 0.717) is 5.13 Å². The minimum absolute atomic E-state index is 0. The molecule has 114 valence electrons. The molecule has 0 saturated heterocycles. The Morgan fingerprint density at radius 3 is 2.67 bits per heavy atom. The second kappa shape index (κ2) is 8.61. The van der Waals surface area contributed by atoms with Crippen LogP contribution in [-0.2, 0) is 11.2 Å². The van der Waals surface area contributed by atoms with E-state index in [1.807, 2.05) is 24.3 Å². The largest absolute Gasteiger partial charge is 0.497 e. The Labute approximate surface area is 134 Å². The summed E-state index contributed by atoms with van der Waals surface area (Å²) in [6, 6.07) is 7.92. The zero-order valence-electron chi connectivity index (χ0n) is 11.9. The van der Waals surface area contributed by atoms with E-state index < -0.39 is 0 Å². The zero-order chi connectivity index (χ0) is 14.4. The van der Waals surface area contributed by atoms with Crippen LogP contribution in [0.25, 0.3) is 0 Å². The maximum absolute atomic E-state index is 11.4. The first-order valence-corrected chi connectivity index (χ1v) is 7.05. The van der Waals surface area contributed by atoms with E-state index in [0.717, 1.165) is 17.0 Å². The SMILES string of the molecule is CNCC(=O)Nc1ncc(Cc2ccc(OC)cc2)s1.Cl. The Morgan fingerprint density at radius 1 is 1.33 bits per heavy atom. The molecule has 0 bridgehead atoms. The number of hydrogen-bond acceptors (Lipinski definition) is 5. The summed E-state index contributed by atoms with van der Waals surface area (Å²) in [5.74, 6) is 0.760. The van der Waals surface area contributed by atoms with Gasteiger partial charge in [-0.15, -0.1) is 23.7 Å². The lowest BCUT2D eigenvalue weighted by Gasteiger charge is -2.01. The van der Waals surface area contributed by atoms with Crippen LogP contribution >= 0.6 is 23.7 Å². The van der Waals surface area contributed by atoms with Crippen LogP contribution in [0.3, 0.4) is 0 Å². The molecule has 0 aliphatic rings. The van der Waals surface area contributed by atoms with Gasteiger partial charge in [-0.2, -0.15) is 0 Å². The van der Waals surface area contributed by atoms with E-state index in [9.17, 15) is 4.79 Å². The number of aromatic nitrogens is 1. The molecule has 1 aromatic heterocycles. The van der Waals surface area contributed by atoms with Gasteiger partial charge in [0.1, 0.15) is 5.75 Å². The van der Waals surface area contributed by atoms with Crippen molar-refractivity contribution < 1.29 is 9.53 Å². The molecule has 0 unspecified atom stereocenters. The van der Waals surface area contributed by atoms with E-state index in [1.54, 1.807) is 20.4 Å². The lowest BCUT2D eigenvalue weighted by atomic mass is 10.1. The fourth-order valence-corrected chi connectivity index (χ4v) is 2.58. The molecule has 0 aliphatic heterocycles. The van der Waals surface area contributed by atoms with Crippen LogP contribution < -0.4 is 15.4 Å². The summed E-state index contributed by atoms with van der Waals surface area (Å²) in [6.45, 7) is 0.285. The summed E-state index contributed by atoms with van der Waals surface area (Å²) >= 11 is 1.49. The summed E-state index contributed by atoms with van der Waals surface area (Å²) in [5.41, 5.74) is 1.18.